The van der Waals surface area contributed by atoms with E-state index in [9.17, 15) is 8.42 Å². The van der Waals surface area contributed by atoms with Gasteiger partial charge >= 0.3 is 0 Å². The highest BCUT2D eigenvalue weighted by Gasteiger charge is 2.31. The first kappa shape index (κ1) is 11.6. The zero-order valence-corrected chi connectivity index (χ0v) is 10.2. The van der Waals surface area contributed by atoms with E-state index >= 15 is 0 Å². The van der Waals surface area contributed by atoms with E-state index in [1.54, 1.807) is 45.0 Å². The molecule has 0 bridgehead atoms. The van der Waals surface area contributed by atoms with Crippen LogP contribution in [-0.4, -0.2) is 13.2 Å². The molecule has 0 saturated carbocycles. The first-order chi connectivity index (χ1) is 6.27. The normalized spacial score (nSPS) is 12.9. The van der Waals surface area contributed by atoms with Crippen LogP contribution in [0.5, 0.6) is 0 Å². The van der Waals surface area contributed by atoms with Gasteiger partial charge in [0.2, 0.25) is 0 Å². The Morgan fingerprint density at radius 2 is 1.64 bits per heavy atom. The van der Waals surface area contributed by atoms with Gasteiger partial charge < -0.3 is 0 Å². The van der Waals surface area contributed by atoms with Crippen LogP contribution in [0.1, 0.15) is 20.8 Å². The van der Waals surface area contributed by atoms with Gasteiger partial charge in [-0.1, -0.05) is 12.1 Å². The Bertz CT molecular complexity index is 428. The molecule has 0 aliphatic heterocycles. The zero-order valence-electron chi connectivity index (χ0n) is 8.48. The third kappa shape index (κ3) is 1.96. The molecule has 0 heterocycles. The molecule has 0 unspecified atom stereocenters. The lowest BCUT2D eigenvalue weighted by Crippen LogP contribution is -2.28. The Hall–Kier alpha value is -0.480. The summed E-state index contributed by atoms with van der Waals surface area (Å²) in [5.41, 5.74) is 0. The number of thiol groups is 1. The van der Waals surface area contributed by atoms with Crippen molar-refractivity contribution in [2.24, 2.45) is 0 Å². The molecule has 0 atom stereocenters. The van der Waals surface area contributed by atoms with Gasteiger partial charge in [0.1, 0.15) is 0 Å². The minimum absolute atomic E-state index is 0.302. The molecule has 1 aromatic rings. The van der Waals surface area contributed by atoms with Gasteiger partial charge in [-0.3, -0.25) is 0 Å². The van der Waals surface area contributed by atoms with E-state index < -0.39 is 14.6 Å². The molecule has 0 saturated heterocycles. The second-order valence-corrected chi connectivity index (χ2v) is 7.24. The number of sulfone groups is 1. The van der Waals surface area contributed by atoms with E-state index in [1.165, 1.54) is 0 Å². The summed E-state index contributed by atoms with van der Waals surface area (Å²) in [5, 5.41) is 0. The Labute approximate surface area is 90.7 Å². The summed E-state index contributed by atoms with van der Waals surface area (Å²) < 4.78 is 23.3. The number of benzene rings is 1. The number of hydrogen-bond donors (Lipinski definition) is 1. The molecule has 0 radical (unpaired) electrons. The maximum absolute atomic E-state index is 12.0. The average Bonchev–Trinajstić information content (AvgIpc) is 2.02. The molecule has 0 spiro atoms. The summed E-state index contributed by atoms with van der Waals surface area (Å²) >= 11 is 4.14. The van der Waals surface area contributed by atoms with E-state index in [0.717, 1.165) is 0 Å². The van der Waals surface area contributed by atoms with Crippen LogP contribution in [0.4, 0.5) is 0 Å². The number of rotatable bonds is 1. The highest BCUT2D eigenvalue weighted by atomic mass is 32.2. The highest BCUT2D eigenvalue weighted by Crippen LogP contribution is 2.28. The Morgan fingerprint density at radius 1 is 1.14 bits per heavy atom. The summed E-state index contributed by atoms with van der Waals surface area (Å²) in [4.78, 5) is 0.804. The van der Waals surface area contributed by atoms with E-state index in [1.807, 2.05) is 0 Å². The maximum Gasteiger partial charge on any atom is 0.184 e. The molecule has 0 aliphatic carbocycles. The van der Waals surface area contributed by atoms with Crippen LogP contribution in [0.15, 0.2) is 34.1 Å². The van der Waals surface area contributed by atoms with E-state index in [4.69, 9.17) is 0 Å². The lowest BCUT2D eigenvalue weighted by molar-refractivity contribution is 0.558. The summed E-state index contributed by atoms with van der Waals surface area (Å²) in [6, 6.07) is 6.74. The van der Waals surface area contributed by atoms with E-state index in [-0.39, 0.29) is 0 Å². The third-order valence-corrected chi connectivity index (χ3v) is 5.05. The van der Waals surface area contributed by atoms with E-state index in [2.05, 4.69) is 12.6 Å². The van der Waals surface area contributed by atoms with Crippen LogP contribution in [0.3, 0.4) is 0 Å². The maximum atomic E-state index is 12.0. The third-order valence-electron chi connectivity index (χ3n) is 1.96. The summed E-state index contributed by atoms with van der Waals surface area (Å²) in [5.74, 6) is 0. The summed E-state index contributed by atoms with van der Waals surface area (Å²) in [7, 11) is -3.28. The molecular formula is C10H14O2S2. The molecule has 0 amide bonds. The fourth-order valence-corrected chi connectivity index (χ4v) is 2.80. The molecular weight excluding hydrogens is 216 g/mol. The van der Waals surface area contributed by atoms with Crippen molar-refractivity contribution in [1.82, 2.24) is 0 Å². The van der Waals surface area contributed by atoms with Crippen LogP contribution in [0.2, 0.25) is 0 Å². The van der Waals surface area contributed by atoms with Crippen molar-refractivity contribution in [3.63, 3.8) is 0 Å². The van der Waals surface area contributed by atoms with Crippen LogP contribution in [-0.2, 0) is 9.84 Å². The molecule has 14 heavy (non-hydrogen) atoms. The van der Waals surface area contributed by atoms with Crippen LogP contribution < -0.4 is 0 Å². The Kier molecular flexibility index (Phi) is 2.97. The van der Waals surface area contributed by atoms with Crippen molar-refractivity contribution in [3.8, 4) is 0 Å². The predicted octanol–water partition coefficient (Wildman–Crippen LogP) is 2.55. The van der Waals surface area contributed by atoms with Gasteiger partial charge in [-0.2, -0.15) is 0 Å². The summed E-state index contributed by atoms with van der Waals surface area (Å²) in [6.45, 7) is 5.05. The quantitative estimate of drug-likeness (QED) is 0.752. The summed E-state index contributed by atoms with van der Waals surface area (Å²) in [6.07, 6.45) is 0. The average molecular weight is 230 g/mol. The molecule has 0 aliphatic rings. The molecule has 0 N–H and O–H groups in total. The predicted molar refractivity (Wildman–Crippen MR) is 60.6 cm³/mol. The van der Waals surface area contributed by atoms with Gasteiger partial charge in [0.05, 0.1) is 9.64 Å². The van der Waals surface area contributed by atoms with Gasteiger partial charge in [-0.05, 0) is 32.9 Å². The second kappa shape index (κ2) is 3.59. The molecule has 78 valence electrons. The number of hydrogen-bond acceptors (Lipinski definition) is 3. The topological polar surface area (TPSA) is 34.1 Å². The lowest BCUT2D eigenvalue weighted by Gasteiger charge is -2.20. The molecule has 2 nitrogen and oxygen atoms in total. The van der Waals surface area contributed by atoms with Crippen molar-refractivity contribution < 1.29 is 8.42 Å². The fourth-order valence-electron chi connectivity index (χ4n) is 1.01. The fraction of sp³-hybridized carbons (Fsp3) is 0.400. The standard InChI is InChI=1S/C10H14O2S2/c1-10(2,3)14(11,12)9-7-5-4-6-8(9)13/h4-7,13H,1-3H3. The van der Waals surface area contributed by atoms with Gasteiger partial charge in [0, 0.05) is 4.90 Å². The Balaban J connectivity index is 3.40. The second-order valence-electron chi connectivity index (χ2n) is 4.08. The van der Waals surface area contributed by atoms with Crippen molar-refractivity contribution in [1.29, 1.82) is 0 Å². The largest absolute Gasteiger partial charge is 0.223 e. The molecule has 0 fully saturated rings. The van der Waals surface area contributed by atoms with Gasteiger partial charge in [0.15, 0.2) is 9.84 Å². The zero-order chi connectivity index (χ0) is 11.0. The van der Waals surface area contributed by atoms with Gasteiger partial charge in [-0.25, -0.2) is 8.42 Å². The first-order valence-electron chi connectivity index (χ1n) is 4.29. The lowest BCUT2D eigenvalue weighted by atomic mass is 10.3. The molecule has 1 aromatic carbocycles. The minimum Gasteiger partial charge on any atom is -0.223 e. The van der Waals surface area contributed by atoms with E-state index in [0.29, 0.717) is 9.79 Å². The van der Waals surface area contributed by atoms with Crippen LogP contribution >= 0.6 is 12.6 Å². The van der Waals surface area contributed by atoms with Crippen molar-refractivity contribution in [2.75, 3.05) is 0 Å². The van der Waals surface area contributed by atoms with Gasteiger partial charge in [0.25, 0.3) is 0 Å². The molecule has 4 heteroatoms. The first-order valence-corrected chi connectivity index (χ1v) is 6.22. The van der Waals surface area contributed by atoms with Crippen LogP contribution in [0.25, 0.3) is 0 Å². The minimum atomic E-state index is -3.28. The van der Waals surface area contributed by atoms with Crippen molar-refractivity contribution >= 4 is 22.5 Å². The monoisotopic (exact) mass is 230 g/mol. The van der Waals surface area contributed by atoms with Crippen molar-refractivity contribution in [3.05, 3.63) is 24.3 Å². The van der Waals surface area contributed by atoms with Crippen molar-refractivity contribution in [2.45, 2.75) is 35.3 Å². The Morgan fingerprint density at radius 3 is 2.07 bits per heavy atom. The highest BCUT2D eigenvalue weighted by molar-refractivity contribution is 7.93. The molecule has 0 aromatic heterocycles. The van der Waals surface area contributed by atoms with Gasteiger partial charge in [-0.15, -0.1) is 12.6 Å². The smallest absolute Gasteiger partial charge is 0.184 e. The molecule has 1 rings (SSSR count). The van der Waals surface area contributed by atoms with Crippen LogP contribution in [0, 0.1) is 0 Å². The SMILES string of the molecule is CC(C)(C)S(=O)(=O)c1ccccc1S.